The Bertz CT molecular complexity index is 360. The van der Waals surface area contributed by atoms with E-state index in [2.05, 4.69) is 20.6 Å². The van der Waals surface area contributed by atoms with Gasteiger partial charge >= 0.3 is 0 Å². The molecule has 0 aliphatic heterocycles. The first-order chi connectivity index (χ1) is 9.30. The van der Waals surface area contributed by atoms with E-state index in [4.69, 9.17) is 9.47 Å². The van der Waals surface area contributed by atoms with E-state index >= 15 is 0 Å². The number of rotatable bonds is 10. The third-order valence-corrected chi connectivity index (χ3v) is 2.44. The van der Waals surface area contributed by atoms with Crippen LogP contribution >= 0.6 is 0 Å². The van der Waals surface area contributed by atoms with Crippen molar-refractivity contribution in [2.24, 2.45) is 0 Å². The molecular weight excluding hydrogens is 244 g/mol. The Kier molecular flexibility index (Phi) is 7.84. The fourth-order valence-electron chi connectivity index (χ4n) is 1.51. The van der Waals surface area contributed by atoms with E-state index in [0.29, 0.717) is 19.0 Å². The Labute approximate surface area is 114 Å². The molecule has 6 nitrogen and oxygen atoms in total. The Morgan fingerprint density at radius 2 is 1.84 bits per heavy atom. The van der Waals surface area contributed by atoms with Crippen LogP contribution in [0.15, 0.2) is 6.07 Å². The van der Waals surface area contributed by atoms with Crippen molar-refractivity contribution >= 4 is 11.6 Å². The lowest BCUT2D eigenvalue weighted by Crippen LogP contribution is -2.10. The molecule has 0 aromatic carbocycles. The summed E-state index contributed by atoms with van der Waals surface area (Å²) in [7, 11) is 1.84. The summed E-state index contributed by atoms with van der Waals surface area (Å²) in [5.41, 5.74) is 0. The molecule has 0 atom stereocenters. The SMILES string of the molecule is CCOCCCNc1cc(NC)nc(COCC)n1. The van der Waals surface area contributed by atoms with Crippen LogP contribution in [0, 0.1) is 0 Å². The predicted molar refractivity (Wildman–Crippen MR) is 76.5 cm³/mol. The number of nitrogens with zero attached hydrogens (tertiary/aromatic N) is 2. The van der Waals surface area contributed by atoms with Crippen LogP contribution in [-0.4, -0.2) is 43.4 Å². The molecule has 0 aliphatic rings. The van der Waals surface area contributed by atoms with E-state index in [9.17, 15) is 0 Å². The molecule has 0 amide bonds. The molecule has 108 valence electrons. The molecule has 1 rings (SSSR count). The molecular formula is C13H24N4O2. The Balaban J connectivity index is 2.50. The minimum absolute atomic E-state index is 0.430. The zero-order valence-corrected chi connectivity index (χ0v) is 12.0. The highest BCUT2D eigenvalue weighted by Crippen LogP contribution is 2.11. The van der Waals surface area contributed by atoms with Gasteiger partial charge in [-0.3, -0.25) is 0 Å². The topological polar surface area (TPSA) is 68.3 Å². The van der Waals surface area contributed by atoms with Crippen LogP contribution in [0.3, 0.4) is 0 Å². The summed E-state index contributed by atoms with van der Waals surface area (Å²) in [5.74, 6) is 2.28. The smallest absolute Gasteiger partial charge is 0.158 e. The summed E-state index contributed by atoms with van der Waals surface area (Å²) in [5, 5.41) is 6.29. The van der Waals surface area contributed by atoms with Crippen molar-refractivity contribution in [1.82, 2.24) is 9.97 Å². The van der Waals surface area contributed by atoms with Gasteiger partial charge in [0.05, 0.1) is 0 Å². The zero-order valence-electron chi connectivity index (χ0n) is 12.0. The molecule has 0 bridgehead atoms. The summed E-state index contributed by atoms with van der Waals surface area (Å²) in [6.07, 6.45) is 0.952. The lowest BCUT2D eigenvalue weighted by molar-refractivity contribution is 0.128. The Morgan fingerprint density at radius 3 is 2.53 bits per heavy atom. The van der Waals surface area contributed by atoms with Crippen LogP contribution in [0.4, 0.5) is 11.6 Å². The quantitative estimate of drug-likeness (QED) is 0.632. The van der Waals surface area contributed by atoms with E-state index in [1.807, 2.05) is 27.0 Å². The second-order valence-corrected chi connectivity index (χ2v) is 3.92. The van der Waals surface area contributed by atoms with Crippen molar-refractivity contribution in [2.75, 3.05) is 44.0 Å². The number of hydrogen-bond donors (Lipinski definition) is 2. The number of hydrogen-bond acceptors (Lipinski definition) is 6. The summed E-state index contributed by atoms with van der Waals surface area (Å²) >= 11 is 0. The van der Waals surface area contributed by atoms with Crippen molar-refractivity contribution in [3.63, 3.8) is 0 Å². The minimum atomic E-state index is 0.430. The van der Waals surface area contributed by atoms with E-state index < -0.39 is 0 Å². The molecule has 0 saturated carbocycles. The molecule has 1 heterocycles. The van der Waals surface area contributed by atoms with Gasteiger partial charge in [0, 0.05) is 39.5 Å². The summed E-state index contributed by atoms with van der Waals surface area (Å²) in [6.45, 7) is 7.39. The first kappa shape index (κ1) is 15.7. The van der Waals surface area contributed by atoms with Crippen molar-refractivity contribution in [3.05, 3.63) is 11.9 Å². The maximum Gasteiger partial charge on any atom is 0.158 e. The van der Waals surface area contributed by atoms with E-state index in [-0.39, 0.29) is 0 Å². The summed E-state index contributed by atoms with van der Waals surface area (Å²) in [6, 6.07) is 1.89. The van der Waals surface area contributed by atoms with Gasteiger partial charge in [-0.2, -0.15) is 0 Å². The number of aromatic nitrogens is 2. The van der Waals surface area contributed by atoms with Crippen molar-refractivity contribution in [3.8, 4) is 0 Å². The van der Waals surface area contributed by atoms with Crippen molar-refractivity contribution in [2.45, 2.75) is 26.9 Å². The third-order valence-electron chi connectivity index (χ3n) is 2.44. The first-order valence-corrected chi connectivity index (χ1v) is 6.75. The Morgan fingerprint density at radius 1 is 1.11 bits per heavy atom. The van der Waals surface area contributed by atoms with Gasteiger partial charge in [0.25, 0.3) is 0 Å². The molecule has 0 unspecified atom stereocenters. The Hall–Kier alpha value is -1.40. The maximum absolute atomic E-state index is 5.33. The van der Waals surface area contributed by atoms with Gasteiger partial charge in [-0.1, -0.05) is 0 Å². The highest BCUT2D eigenvalue weighted by molar-refractivity contribution is 5.47. The van der Waals surface area contributed by atoms with Gasteiger partial charge in [0.15, 0.2) is 5.82 Å². The molecule has 0 radical (unpaired) electrons. The molecule has 2 N–H and O–H groups in total. The van der Waals surface area contributed by atoms with Gasteiger partial charge < -0.3 is 20.1 Å². The molecule has 0 spiro atoms. The van der Waals surface area contributed by atoms with Gasteiger partial charge in [0.2, 0.25) is 0 Å². The number of nitrogens with one attached hydrogen (secondary N) is 2. The zero-order chi connectivity index (χ0) is 13.9. The van der Waals surface area contributed by atoms with Gasteiger partial charge in [-0.15, -0.1) is 0 Å². The fourth-order valence-corrected chi connectivity index (χ4v) is 1.51. The molecule has 1 aromatic heterocycles. The van der Waals surface area contributed by atoms with Crippen LogP contribution in [0.1, 0.15) is 26.1 Å². The second kappa shape index (κ2) is 9.52. The second-order valence-electron chi connectivity index (χ2n) is 3.92. The van der Waals surface area contributed by atoms with Gasteiger partial charge in [-0.25, -0.2) is 9.97 Å². The van der Waals surface area contributed by atoms with Crippen LogP contribution in [-0.2, 0) is 16.1 Å². The summed E-state index contributed by atoms with van der Waals surface area (Å²) in [4.78, 5) is 8.74. The maximum atomic E-state index is 5.33. The molecule has 19 heavy (non-hydrogen) atoms. The third kappa shape index (κ3) is 6.35. The van der Waals surface area contributed by atoms with Crippen LogP contribution in [0.25, 0.3) is 0 Å². The number of anilines is 2. The van der Waals surface area contributed by atoms with E-state index in [1.165, 1.54) is 0 Å². The standard InChI is InChI=1S/C13H24N4O2/c1-4-18-8-6-7-15-12-9-11(14-3)16-13(17-12)10-19-5-2/h9H,4-8,10H2,1-3H3,(H2,14,15,16,17). The first-order valence-electron chi connectivity index (χ1n) is 6.75. The lowest BCUT2D eigenvalue weighted by atomic mass is 10.4. The average Bonchev–Trinajstić information content (AvgIpc) is 2.44. The highest BCUT2D eigenvalue weighted by atomic mass is 16.5. The van der Waals surface area contributed by atoms with Crippen LogP contribution in [0.2, 0.25) is 0 Å². The van der Waals surface area contributed by atoms with Crippen LogP contribution in [0.5, 0.6) is 0 Å². The highest BCUT2D eigenvalue weighted by Gasteiger charge is 2.03. The number of ether oxygens (including phenoxy) is 2. The van der Waals surface area contributed by atoms with Crippen molar-refractivity contribution in [1.29, 1.82) is 0 Å². The van der Waals surface area contributed by atoms with Gasteiger partial charge in [-0.05, 0) is 20.3 Å². The molecule has 6 heteroatoms. The molecule has 0 fully saturated rings. The minimum Gasteiger partial charge on any atom is -0.382 e. The van der Waals surface area contributed by atoms with Gasteiger partial charge in [0.1, 0.15) is 18.2 Å². The van der Waals surface area contributed by atoms with Crippen molar-refractivity contribution < 1.29 is 9.47 Å². The molecule has 1 aromatic rings. The monoisotopic (exact) mass is 268 g/mol. The largest absolute Gasteiger partial charge is 0.382 e. The molecule has 0 aliphatic carbocycles. The van der Waals surface area contributed by atoms with E-state index in [1.54, 1.807) is 0 Å². The normalized spacial score (nSPS) is 10.5. The van der Waals surface area contributed by atoms with Crippen LogP contribution < -0.4 is 10.6 Å². The van der Waals surface area contributed by atoms with E-state index in [0.717, 1.165) is 37.8 Å². The summed E-state index contributed by atoms with van der Waals surface area (Å²) < 4.78 is 10.6. The predicted octanol–water partition coefficient (Wildman–Crippen LogP) is 1.89. The lowest BCUT2D eigenvalue weighted by Gasteiger charge is -2.10. The fraction of sp³-hybridized carbons (Fsp3) is 0.692. The average molecular weight is 268 g/mol. The molecule has 0 saturated heterocycles.